The number of nitrogens with zero attached hydrogens (tertiary/aromatic N) is 1. The zero-order valence-electron chi connectivity index (χ0n) is 12.7. The van der Waals surface area contributed by atoms with Crippen LogP contribution < -0.4 is 10.2 Å². The van der Waals surface area contributed by atoms with Gasteiger partial charge in [0.25, 0.3) is 0 Å². The Hall–Kier alpha value is -1.65. The number of rotatable bonds is 4. The third-order valence-corrected chi connectivity index (χ3v) is 4.85. The molecule has 0 spiro atoms. The van der Waals surface area contributed by atoms with Crippen molar-refractivity contribution >= 4 is 11.6 Å². The van der Waals surface area contributed by atoms with Gasteiger partial charge in [-0.25, -0.2) is 8.78 Å². The van der Waals surface area contributed by atoms with Crippen LogP contribution in [-0.2, 0) is 4.79 Å². The first-order chi connectivity index (χ1) is 10.6. The Morgan fingerprint density at radius 2 is 1.95 bits per heavy atom. The molecule has 3 rings (SSSR count). The molecule has 1 amide bonds. The monoisotopic (exact) mass is 308 g/mol. The number of carbonyl (C=O) groups excluding carboxylic acids is 1. The Morgan fingerprint density at radius 3 is 2.68 bits per heavy atom. The molecule has 3 nitrogen and oxygen atoms in total. The van der Waals surface area contributed by atoms with E-state index in [-0.39, 0.29) is 11.8 Å². The second kappa shape index (κ2) is 6.63. The smallest absolute Gasteiger partial charge is 0.223 e. The quantitative estimate of drug-likeness (QED) is 0.927. The number of halogens is 2. The number of nitrogens with one attached hydrogen (secondary N) is 1. The predicted octanol–water partition coefficient (Wildman–Crippen LogP) is 3.10. The van der Waals surface area contributed by atoms with Crippen molar-refractivity contribution in [1.29, 1.82) is 0 Å². The van der Waals surface area contributed by atoms with Crippen molar-refractivity contribution in [2.75, 3.05) is 24.5 Å². The van der Waals surface area contributed by atoms with E-state index in [0.717, 1.165) is 45.2 Å². The maximum atomic E-state index is 13.3. The molecule has 0 unspecified atom stereocenters. The molecular weight excluding hydrogens is 286 g/mol. The van der Waals surface area contributed by atoms with Gasteiger partial charge in [0.1, 0.15) is 0 Å². The largest absolute Gasteiger partial charge is 0.371 e. The van der Waals surface area contributed by atoms with Crippen LogP contribution in [0.3, 0.4) is 0 Å². The van der Waals surface area contributed by atoms with Crippen molar-refractivity contribution in [2.24, 2.45) is 11.8 Å². The van der Waals surface area contributed by atoms with E-state index in [9.17, 15) is 13.6 Å². The lowest BCUT2D eigenvalue weighted by atomic mass is 10.1. The zero-order chi connectivity index (χ0) is 15.5. The molecule has 1 aliphatic carbocycles. The van der Waals surface area contributed by atoms with Gasteiger partial charge in [0.15, 0.2) is 11.6 Å². The molecule has 1 aromatic carbocycles. The second-order valence-electron chi connectivity index (χ2n) is 6.43. The van der Waals surface area contributed by atoms with Crippen molar-refractivity contribution in [3.63, 3.8) is 0 Å². The summed E-state index contributed by atoms with van der Waals surface area (Å²) in [6.07, 6.45) is 5.30. The summed E-state index contributed by atoms with van der Waals surface area (Å²) in [5.74, 6) is -0.871. The highest BCUT2D eigenvalue weighted by Gasteiger charge is 2.26. The maximum Gasteiger partial charge on any atom is 0.223 e. The lowest BCUT2D eigenvalue weighted by Gasteiger charge is -2.19. The van der Waals surface area contributed by atoms with Crippen molar-refractivity contribution in [1.82, 2.24) is 5.32 Å². The van der Waals surface area contributed by atoms with Gasteiger partial charge in [-0.15, -0.1) is 0 Å². The van der Waals surface area contributed by atoms with Crippen LogP contribution in [0.15, 0.2) is 18.2 Å². The van der Waals surface area contributed by atoms with Crippen LogP contribution in [0.5, 0.6) is 0 Å². The minimum absolute atomic E-state index is 0.184. The Kier molecular flexibility index (Phi) is 4.60. The third kappa shape index (κ3) is 3.39. The Balaban J connectivity index is 1.49. The molecule has 5 heteroatoms. The lowest BCUT2D eigenvalue weighted by Crippen LogP contribution is -2.34. The van der Waals surface area contributed by atoms with E-state index in [1.807, 2.05) is 0 Å². The summed E-state index contributed by atoms with van der Waals surface area (Å²) in [5.41, 5.74) is 0.712. The van der Waals surface area contributed by atoms with Crippen LogP contribution in [0.1, 0.15) is 32.1 Å². The van der Waals surface area contributed by atoms with Gasteiger partial charge in [-0.2, -0.15) is 0 Å². The van der Waals surface area contributed by atoms with Gasteiger partial charge in [0.05, 0.1) is 0 Å². The van der Waals surface area contributed by atoms with E-state index in [1.54, 1.807) is 6.07 Å². The molecule has 0 bridgehead atoms. The maximum absolute atomic E-state index is 13.3. The Bertz CT molecular complexity index is 543. The van der Waals surface area contributed by atoms with Crippen LogP contribution in [0.4, 0.5) is 14.5 Å². The number of anilines is 1. The van der Waals surface area contributed by atoms with Gasteiger partial charge in [-0.1, -0.05) is 12.8 Å². The highest BCUT2D eigenvalue weighted by molar-refractivity contribution is 5.78. The third-order valence-electron chi connectivity index (χ3n) is 4.85. The molecule has 1 aliphatic heterocycles. The van der Waals surface area contributed by atoms with Gasteiger partial charge in [0, 0.05) is 37.3 Å². The Labute approximate surface area is 129 Å². The molecular formula is C17H22F2N2O. The fraction of sp³-hybridized carbons (Fsp3) is 0.588. The van der Waals surface area contributed by atoms with E-state index in [0.29, 0.717) is 18.2 Å². The Morgan fingerprint density at radius 1 is 1.18 bits per heavy atom. The van der Waals surface area contributed by atoms with Gasteiger partial charge >= 0.3 is 0 Å². The standard InChI is InChI=1S/C17H22F2N2O/c18-15-6-5-14(9-16(15)19)21-8-7-12(11-21)10-20-17(22)13-3-1-2-4-13/h5-6,9,12-13H,1-4,7-8,10-11H2,(H,20,22)/t12-/m0/s1. The fourth-order valence-electron chi connectivity index (χ4n) is 3.49. The van der Waals surface area contributed by atoms with Gasteiger partial charge < -0.3 is 10.2 Å². The van der Waals surface area contributed by atoms with Crippen LogP contribution in [-0.4, -0.2) is 25.5 Å². The van der Waals surface area contributed by atoms with Crippen molar-refractivity contribution in [3.8, 4) is 0 Å². The minimum Gasteiger partial charge on any atom is -0.371 e. The van der Waals surface area contributed by atoms with Crippen LogP contribution in [0, 0.1) is 23.5 Å². The summed E-state index contributed by atoms with van der Waals surface area (Å²) in [6, 6.07) is 4.02. The van der Waals surface area contributed by atoms with Crippen LogP contribution >= 0.6 is 0 Å². The average molecular weight is 308 g/mol. The normalized spacial score (nSPS) is 22.3. The molecule has 22 heavy (non-hydrogen) atoms. The van der Waals surface area contributed by atoms with E-state index >= 15 is 0 Å². The molecule has 120 valence electrons. The summed E-state index contributed by atoms with van der Waals surface area (Å²) < 4.78 is 26.3. The van der Waals surface area contributed by atoms with E-state index in [2.05, 4.69) is 10.2 Å². The van der Waals surface area contributed by atoms with E-state index in [4.69, 9.17) is 0 Å². The summed E-state index contributed by atoms with van der Waals surface area (Å²) in [5, 5.41) is 3.06. The van der Waals surface area contributed by atoms with E-state index < -0.39 is 11.6 Å². The number of benzene rings is 1. The van der Waals surface area contributed by atoms with E-state index in [1.165, 1.54) is 12.1 Å². The number of hydrogen-bond donors (Lipinski definition) is 1. The summed E-state index contributed by atoms with van der Waals surface area (Å²) in [6.45, 7) is 2.26. The minimum atomic E-state index is -0.816. The van der Waals surface area contributed by atoms with Gasteiger partial charge in [-0.05, 0) is 37.3 Å². The topological polar surface area (TPSA) is 32.3 Å². The lowest BCUT2D eigenvalue weighted by molar-refractivity contribution is -0.124. The molecule has 0 aromatic heterocycles. The van der Waals surface area contributed by atoms with Crippen LogP contribution in [0.25, 0.3) is 0 Å². The predicted molar refractivity (Wildman–Crippen MR) is 81.6 cm³/mol. The first-order valence-electron chi connectivity index (χ1n) is 8.11. The van der Waals surface area contributed by atoms with Crippen molar-refractivity contribution in [2.45, 2.75) is 32.1 Å². The molecule has 1 saturated heterocycles. The molecule has 1 N–H and O–H groups in total. The first-order valence-corrected chi connectivity index (χ1v) is 8.11. The zero-order valence-corrected chi connectivity index (χ0v) is 12.7. The fourth-order valence-corrected chi connectivity index (χ4v) is 3.49. The first kappa shape index (κ1) is 15.3. The number of amides is 1. The molecule has 0 radical (unpaired) electrons. The highest BCUT2D eigenvalue weighted by atomic mass is 19.2. The summed E-state index contributed by atoms with van der Waals surface area (Å²) in [4.78, 5) is 14.1. The second-order valence-corrected chi connectivity index (χ2v) is 6.43. The molecule has 1 heterocycles. The van der Waals surface area contributed by atoms with Gasteiger partial charge in [0.2, 0.25) is 5.91 Å². The number of hydrogen-bond acceptors (Lipinski definition) is 2. The molecule has 2 aliphatic rings. The van der Waals surface area contributed by atoms with Crippen molar-refractivity contribution < 1.29 is 13.6 Å². The van der Waals surface area contributed by atoms with Gasteiger partial charge in [-0.3, -0.25) is 4.79 Å². The molecule has 2 fully saturated rings. The molecule has 1 atom stereocenters. The average Bonchev–Trinajstić information content (AvgIpc) is 3.19. The summed E-state index contributed by atoms with van der Waals surface area (Å²) >= 11 is 0. The van der Waals surface area contributed by atoms with Crippen molar-refractivity contribution in [3.05, 3.63) is 29.8 Å². The molecule has 1 saturated carbocycles. The number of carbonyl (C=O) groups is 1. The molecule has 1 aromatic rings. The highest BCUT2D eigenvalue weighted by Crippen LogP contribution is 2.26. The van der Waals surface area contributed by atoms with Crippen LogP contribution in [0.2, 0.25) is 0 Å². The summed E-state index contributed by atoms with van der Waals surface area (Å²) in [7, 11) is 0. The SMILES string of the molecule is O=C(NC[C@@H]1CCN(c2ccc(F)c(F)c2)C1)C1CCCC1.